The van der Waals surface area contributed by atoms with Gasteiger partial charge in [-0.2, -0.15) is 8.61 Å². The van der Waals surface area contributed by atoms with Gasteiger partial charge in [0.1, 0.15) is 11.4 Å². The molecule has 0 saturated carbocycles. The molecule has 12 rings (SSSR count). The van der Waals surface area contributed by atoms with Crippen molar-refractivity contribution < 1.29 is 32.0 Å². The van der Waals surface area contributed by atoms with Gasteiger partial charge < -0.3 is 21.0 Å². The number of oxime groups is 1. The molecule has 2 saturated heterocycles. The van der Waals surface area contributed by atoms with Crippen molar-refractivity contribution in [2.24, 2.45) is 11.1 Å². The summed E-state index contributed by atoms with van der Waals surface area (Å²) in [6.45, 7) is 4.76. The molecule has 2 aliphatic rings. The fourth-order valence-corrected chi connectivity index (χ4v) is 14.6. The van der Waals surface area contributed by atoms with E-state index >= 15 is 0 Å². The van der Waals surface area contributed by atoms with Gasteiger partial charge in [-0.25, -0.2) is 52.6 Å². The Morgan fingerprint density at radius 2 is 1.06 bits per heavy atom. The monoisotopic (exact) mass is 1270 g/mol. The van der Waals surface area contributed by atoms with Crippen LogP contribution in [0.5, 0.6) is 0 Å². The minimum atomic E-state index is -3.65. The molecule has 6 aromatic heterocycles. The molecular weight excluding hydrogens is 1220 g/mol. The van der Waals surface area contributed by atoms with E-state index in [9.17, 15) is 26.8 Å². The Bertz CT molecular complexity index is 4220. The van der Waals surface area contributed by atoms with Gasteiger partial charge in [0.05, 0.1) is 38.3 Å². The second-order valence-electron chi connectivity index (χ2n) is 19.3. The number of imidazole rings is 2. The summed E-state index contributed by atoms with van der Waals surface area (Å²) in [7, 11) is -7.31. The van der Waals surface area contributed by atoms with Gasteiger partial charge in [0.15, 0.2) is 15.7 Å². The van der Waals surface area contributed by atoms with Crippen molar-refractivity contribution in [1.82, 2.24) is 47.3 Å². The van der Waals surface area contributed by atoms with E-state index in [1.807, 2.05) is 86.6 Å². The lowest BCUT2D eigenvalue weighted by Crippen LogP contribution is -2.45. The highest BCUT2D eigenvalue weighted by molar-refractivity contribution is 7.89. The number of thiazole rings is 2. The predicted octanol–water partition coefficient (Wildman–Crippen LogP) is 11.0. The molecule has 0 spiro atoms. The topological polar surface area (TPSA) is 281 Å². The number of aromatic nitrogens is 8. The van der Waals surface area contributed by atoms with Crippen molar-refractivity contribution in [3.05, 3.63) is 166 Å². The van der Waals surface area contributed by atoms with Gasteiger partial charge in [0.25, 0.3) is 0 Å². The van der Waals surface area contributed by atoms with E-state index in [0.29, 0.717) is 83.6 Å². The van der Waals surface area contributed by atoms with Crippen molar-refractivity contribution >= 4 is 112 Å². The molecule has 2 atom stereocenters. The maximum Gasteiger partial charge on any atom is 0.243 e. The molecule has 2 fully saturated rings. The standard InChI is InChI=1S/C28H26ClN7O3S2.C28H25ClN6O3S2.ClH.H3NO/c1-18(34-37)19-4-2-5-20(16-19)25-26(36-14-15-40-28(36)33-25)24-11-12-30-27(32-24)31-22-6-3-13-35(17-22)41(38,39)23-9-7-21(29)8-10-23;1-18(36)19-4-2-5-20(16-19)25-26(35-14-15-39-28(35)33-25)24-11-12-30-27(32-24)31-22-6-3-13-34(17-22)40(37,38)23-9-7-21(29)8-10-23;;1-2/h2,4-5,7-12,14-16,22,37H,3,6,13,17H2,1H3,(H,30,31,32);2,4-5,7-12,14-16,22H,3,6,13,17H2,1H3,(H,30,31,32);1H;2H,1H2/b34-18-;;;/t2*22-;;/m11../s1. The van der Waals surface area contributed by atoms with E-state index in [4.69, 9.17) is 48.3 Å². The number of hydrogen-bond donors (Lipinski definition) is 5. The normalized spacial score (nSPS) is 16.0. The summed E-state index contributed by atoms with van der Waals surface area (Å²) in [5.41, 5.74) is 7.97. The summed E-state index contributed by atoms with van der Waals surface area (Å²) < 4.78 is 59.9. The Morgan fingerprint density at radius 1 is 0.631 bits per heavy atom. The van der Waals surface area contributed by atoms with Crippen LogP contribution in [-0.2, 0) is 20.0 Å². The molecule has 436 valence electrons. The lowest BCUT2D eigenvalue weighted by atomic mass is 10.0. The van der Waals surface area contributed by atoms with E-state index in [1.54, 1.807) is 56.6 Å². The molecule has 10 aromatic rings. The zero-order chi connectivity index (χ0) is 58.4. The Kier molecular flexibility index (Phi) is 19.5. The van der Waals surface area contributed by atoms with E-state index in [2.05, 4.69) is 31.7 Å². The van der Waals surface area contributed by atoms with E-state index < -0.39 is 20.0 Å². The van der Waals surface area contributed by atoms with Crippen molar-refractivity contribution in [3.63, 3.8) is 0 Å². The number of benzene rings is 4. The number of nitrogens with two attached hydrogens (primary N) is 1. The number of nitrogens with one attached hydrogen (secondary N) is 2. The van der Waals surface area contributed by atoms with Crippen molar-refractivity contribution in [2.45, 2.75) is 61.4 Å². The molecule has 0 radical (unpaired) electrons. The van der Waals surface area contributed by atoms with Gasteiger partial charge in [-0.15, -0.1) is 35.1 Å². The second kappa shape index (κ2) is 26.8. The second-order valence-corrected chi connectivity index (χ2v) is 25.8. The molecule has 4 aromatic carbocycles. The molecule has 21 nitrogen and oxygen atoms in total. The zero-order valence-corrected chi connectivity index (χ0v) is 50.5. The van der Waals surface area contributed by atoms with Crippen molar-refractivity contribution in [1.29, 1.82) is 0 Å². The SMILES string of the molecule is C/C(=N/O)c1cccc(-c2nc3sccn3c2-c2ccnc(N[C@@H]3CCCN(S(=O)(=O)c4ccc(Cl)cc4)C3)n2)c1.CC(=O)c1cccc(-c2nc3sccn3c2-c2ccnc(N[C@@H]3CCCN(S(=O)(=O)c4ccc(Cl)cc4)C3)n2)c1.Cl.NO. The Labute approximate surface area is 508 Å². The number of piperidine rings is 2. The molecule has 84 heavy (non-hydrogen) atoms. The van der Waals surface area contributed by atoms with Gasteiger partial charge >= 0.3 is 0 Å². The summed E-state index contributed by atoms with van der Waals surface area (Å²) in [5.74, 6) is 4.30. The number of nitrogens with zero attached hydrogens (tertiary/aromatic N) is 11. The summed E-state index contributed by atoms with van der Waals surface area (Å²) in [6.07, 6.45) is 10.2. The number of sulfonamides is 2. The molecule has 0 unspecified atom stereocenters. The molecule has 6 N–H and O–H groups in total. The van der Waals surface area contributed by atoms with Crippen LogP contribution in [0, 0.1) is 0 Å². The number of carbonyl (C=O) groups excluding carboxylic acids is 1. The number of fused-ring (bicyclic) bond motifs is 2. The first-order chi connectivity index (χ1) is 40.1. The quantitative estimate of drug-likeness (QED) is 0.0293. The van der Waals surface area contributed by atoms with Gasteiger partial charge in [-0.3, -0.25) is 13.6 Å². The van der Waals surface area contributed by atoms with Crippen LogP contribution < -0.4 is 16.5 Å². The Hall–Kier alpha value is -7.27. The third-order valence-corrected chi connectivity index (χ3v) is 19.7. The molecule has 0 amide bonds. The number of ketones is 1. The van der Waals surface area contributed by atoms with Gasteiger partial charge in [-0.05, 0) is 118 Å². The van der Waals surface area contributed by atoms with Crippen LogP contribution in [0.25, 0.3) is 55.2 Å². The van der Waals surface area contributed by atoms with Crippen LogP contribution in [0.1, 0.15) is 55.5 Å². The molecule has 2 aliphatic heterocycles. The van der Waals surface area contributed by atoms with Gasteiger partial charge in [0.2, 0.25) is 31.9 Å². The first kappa shape index (κ1) is 61.3. The number of anilines is 2. The summed E-state index contributed by atoms with van der Waals surface area (Å²) in [5, 5.41) is 30.7. The average molecular weight is 1270 g/mol. The van der Waals surface area contributed by atoms with Crippen LogP contribution in [0.3, 0.4) is 0 Å². The molecule has 8 heterocycles. The van der Waals surface area contributed by atoms with E-state index in [1.165, 1.54) is 55.5 Å². The highest BCUT2D eigenvalue weighted by Crippen LogP contribution is 2.37. The highest BCUT2D eigenvalue weighted by atomic mass is 35.5. The first-order valence-electron chi connectivity index (χ1n) is 25.9. The predicted molar refractivity (Wildman–Crippen MR) is 330 cm³/mol. The summed E-state index contributed by atoms with van der Waals surface area (Å²) in [6, 6.07) is 30.9. The third kappa shape index (κ3) is 13.3. The van der Waals surface area contributed by atoms with Crippen molar-refractivity contribution in [2.75, 3.05) is 36.8 Å². The smallest absolute Gasteiger partial charge is 0.243 e. The van der Waals surface area contributed by atoms with Crippen molar-refractivity contribution in [3.8, 4) is 45.3 Å². The Balaban J connectivity index is 0.000000194. The van der Waals surface area contributed by atoms with Crippen LogP contribution in [0.15, 0.2) is 160 Å². The van der Waals surface area contributed by atoms with Gasteiger partial charge in [-0.1, -0.05) is 64.8 Å². The van der Waals surface area contributed by atoms with Gasteiger partial charge in [0, 0.05) is 101 Å². The lowest BCUT2D eigenvalue weighted by molar-refractivity contribution is 0.101. The van der Waals surface area contributed by atoms with E-state index in [0.717, 1.165) is 62.2 Å². The maximum atomic E-state index is 13.3. The zero-order valence-electron chi connectivity index (χ0n) is 44.9. The number of rotatable bonds is 14. The molecule has 28 heteroatoms. The number of carbonyl (C=O) groups is 1. The van der Waals surface area contributed by atoms with Crippen LogP contribution in [0.4, 0.5) is 11.9 Å². The maximum absolute atomic E-state index is 13.3. The largest absolute Gasteiger partial charge is 0.411 e. The van der Waals surface area contributed by atoms with Crippen LogP contribution in [-0.4, -0.2) is 124 Å². The van der Waals surface area contributed by atoms with Crippen LogP contribution >= 0.6 is 58.3 Å². The molecular formula is C56H55Cl3N14O7S4. The lowest BCUT2D eigenvalue weighted by Gasteiger charge is -2.32. The Morgan fingerprint density at radius 3 is 1.49 bits per heavy atom. The average Bonchev–Trinajstić information content (AvgIpc) is 2.19. The van der Waals surface area contributed by atoms with Crippen LogP contribution in [0.2, 0.25) is 10.0 Å². The molecule has 0 aliphatic carbocycles. The minimum Gasteiger partial charge on any atom is -0.411 e. The highest BCUT2D eigenvalue weighted by Gasteiger charge is 2.33. The fourth-order valence-electron chi connectivity index (χ4n) is 9.85. The fraction of sp³-hybridized carbons (Fsp3) is 0.214. The third-order valence-electron chi connectivity index (χ3n) is 13.9. The minimum absolute atomic E-state index is 0. The number of halogens is 3. The molecule has 0 bridgehead atoms. The number of hydrogen-bond acceptors (Lipinski definition) is 19. The summed E-state index contributed by atoms with van der Waals surface area (Å²) in [4.78, 5) is 42.3. The first-order valence-corrected chi connectivity index (χ1v) is 31.3. The number of Topliss-reactive ketones (excluding diaryl/α,β-unsaturated/α-hetero) is 1. The van der Waals surface area contributed by atoms with E-state index in [-0.39, 0.29) is 40.1 Å². The summed E-state index contributed by atoms with van der Waals surface area (Å²) >= 11 is 14.9.